The summed E-state index contributed by atoms with van der Waals surface area (Å²) in [5.41, 5.74) is 0.988. The maximum absolute atomic E-state index is 10.7. The van der Waals surface area contributed by atoms with Crippen LogP contribution in [0, 0.1) is 0 Å². The molecule has 0 unspecified atom stereocenters. The van der Waals surface area contributed by atoms with Gasteiger partial charge in [-0.05, 0) is 5.56 Å². The lowest BCUT2D eigenvalue weighted by atomic mass is 9.95. The molecule has 0 bridgehead atoms. The maximum atomic E-state index is 10.7. The summed E-state index contributed by atoms with van der Waals surface area (Å²) >= 11 is 0. The Morgan fingerprint density at radius 1 is 1.29 bits per heavy atom. The highest BCUT2D eigenvalue weighted by Crippen LogP contribution is 2.32. The zero-order valence-electron chi connectivity index (χ0n) is 9.45. The van der Waals surface area contributed by atoms with Crippen LogP contribution >= 0.6 is 0 Å². The van der Waals surface area contributed by atoms with Crippen LogP contribution in [0.1, 0.15) is 30.9 Å². The monoisotopic (exact) mass is 236 g/mol. The molecule has 2 rings (SSSR count). The third-order valence-electron chi connectivity index (χ3n) is 2.95. The Morgan fingerprint density at radius 3 is 2.65 bits per heavy atom. The molecule has 1 fully saturated rings. The number of hydrogen-bond acceptors (Lipinski definition) is 3. The van der Waals surface area contributed by atoms with Crippen molar-refractivity contribution in [3.05, 3.63) is 35.9 Å². The zero-order valence-corrected chi connectivity index (χ0v) is 9.45. The number of hydrogen-bond donors (Lipinski definition) is 2. The van der Waals surface area contributed by atoms with Crippen LogP contribution < -0.4 is 0 Å². The van der Waals surface area contributed by atoms with Gasteiger partial charge in [-0.1, -0.05) is 30.3 Å². The number of rotatable bonds is 3. The summed E-state index contributed by atoms with van der Waals surface area (Å²) in [6.07, 6.45) is -0.222. The Hall–Kier alpha value is -1.39. The highest BCUT2D eigenvalue weighted by molar-refractivity contribution is 5.67. The second-order valence-corrected chi connectivity index (χ2v) is 4.38. The molecule has 0 amide bonds. The number of aliphatic carboxylic acids is 1. The van der Waals surface area contributed by atoms with Gasteiger partial charge in [0, 0.05) is 12.8 Å². The zero-order chi connectivity index (χ0) is 12.3. The van der Waals surface area contributed by atoms with Gasteiger partial charge in [0.1, 0.15) is 0 Å². The van der Waals surface area contributed by atoms with E-state index in [1.165, 1.54) is 0 Å². The first-order chi connectivity index (χ1) is 8.15. The van der Waals surface area contributed by atoms with Gasteiger partial charge in [-0.3, -0.25) is 4.79 Å². The molecule has 92 valence electrons. The smallest absolute Gasteiger partial charge is 0.305 e. The number of carbonyl (C=O) groups is 1. The van der Waals surface area contributed by atoms with E-state index in [9.17, 15) is 9.90 Å². The topological polar surface area (TPSA) is 66.8 Å². The van der Waals surface area contributed by atoms with E-state index in [-0.39, 0.29) is 12.5 Å². The fourth-order valence-corrected chi connectivity index (χ4v) is 2.20. The third-order valence-corrected chi connectivity index (χ3v) is 2.95. The van der Waals surface area contributed by atoms with Crippen LogP contribution in [-0.2, 0) is 9.53 Å². The van der Waals surface area contributed by atoms with Crippen molar-refractivity contribution in [2.45, 2.75) is 37.6 Å². The summed E-state index contributed by atoms with van der Waals surface area (Å²) in [4.78, 5) is 10.7. The lowest BCUT2D eigenvalue weighted by molar-refractivity contribution is -0.147. The first kappa shape index (κ1) is 12.1. The molecule has 2 N–H and O–H groups in total. The van der Waals surface area contributed by atoms with Crippen molar-refractivity contribution in [1.29, 1.82) is 0 Å². The minimum Gasteiger partial charge on any atom is -0.481 e. The summed E-state index contributed by atoms with van der Waals surface area (Å²) in [5.74, 6) is -0.893. The fourth-order valence-electron chi connectivity index (χ4n) is 2.20. The lowest BCUT2D eigenvalue weighted by Gasteiger charge is -2.32. The minimum atomic E-state index is -0.893. The number of aliphatic hydroxyl groups excluding tert-OH is 1. The van der Waals surface area contributed by atoms with Gasteiger partial charge in [0.25, 0.3) is 0 Å². The van der Waals surface area contributed by atoms with Crippen LogP contribution in [0.5, 0.6) is 0 Å². The van der Waals surface area contributed by atoms with Gasteiger partial charge in [0.2, 0.25) is 0 Å². The first-order valence-corrected chi connectivity index (χ1v) is 5.75. The summed E-state index contributed by atoms with van der Waals surface area (Å²) in [5, 5.41) is 18.5. The van der Waals surface area contributed by atoms with E-state index in [2.05, 4.69) is 0 Å². The molecule has 1 aliphatic rings. The highest BCUT2D eigenvalue weighted by atomic mass is 16.5. The average molecular weight is 236 g/mol. The van der Waals surface area contributed by atoms with Gasteiger partial charge in [0.15, 0.2) is 0 Å². The molecule has 0 aromatic heterocycles. The Bertz CT molecular complexity index is 376. The molecule has 1 aromatic rings. The van der Waals surface area contributed by atoms with E-state index in [0.717, 1.165) is 5.56 Å². The van der Waals surface area contributed by atoms with Crippen LogP contribution in [0.25, 0.3) is 0 Å². The van der Waals surface area contributed by atoms with Crippen molar-refractivity contribution in [3.63, 3.8) is 0 Å². The molecule has 0 spiro atoms. The standard InChI is InChI=1S/C13H16O4/c14-10-6-11(8-13(15)16)17-12(7-10)9-4-2-1-3-5-9/h1-5,10-12,14H,6-8H2,(H,15,16)/t10-,11-,12+/m0/s1. The highest BCUT2D eigenvalue weighted by Gasteiger charge is 2.30. The number of carboxylic acid groups (broad SMARTS) is 1. The number of aliphatic hydroxyl groups is 1. The van der Waals surface area contributed by atoms with Crippen molar-refractivity contribution in [1.82, 2.24) is 0 Å². The van der Waals surface area contributed by atoms with E-state index in [0.29, 0.717) is 12.8 Å². The minimum absolute atomic E-state index is 0.0552. The quantitative estimate of drug-likeness (QED) is 0.839. The summed E-state index contributed by atoms with van der Waals surface area (Å²) in [6, 6.07) is 9.59. The molecule has 1 heterocycles. The molecule has 0 radical (unpaired) electrons. The fraction of sp³-hybridized carbons (Fsp3) is 0.462. The molecule has 4 heteroatoms. The summed E-state index contributed by atoms with van der Waals surface area (Å²) in [6.45, 7) is 0. The average Bonchev–Trinajstić information content (AvgIpc) is 2.28. The molecular formula is C13H16O4. The second-order valence-electron chi connectivity index (χ2n) is 4.38. The van der Waals surface area contributed by atoms with E-state index in [4.69, 9.17) is 9.84 Å². The number of ether oxygens (including phenoxy) is 1. The van der Waals surface area contributed by atoms with Crippen LogP contribution in [0.4, 0.5) is 0 Å². The van der Waals surface area contributed by atoms with Gasteiger partial charge in [-0.2, -0.15) is 0 Å². The number of carboxylic acids is 1. The molecule has 0 saturated carbocycles. The Kier molecular flexibility index (Phi) is 3.76. The summed E-state index contributed by atoms with van der Waals surface area (Å²) < 4.78 is 5.71. The molecule has 4 nitrogen and oxygen atoms in total. The first-order valence-electron chi connectivity index (χ1n) is 5.75. The molecule has 1 saturated heterocycles. The van der Waals surface area contributed by atoms with Crippen molar-refractivity contribution in [3.8, 4) is 0 Å². The van der Waals surface area contributed by atoms with Gasteiger partial charge in [-0.15, -0.1) is 0 Å². The van der Waals surface area contributed by atoms with Crippen LogP contribution in [0.3, 0.4) is 0 Å². The van der Waals surface area contributed by atoms with Crippen LogP contribution in [0.2, 0.25) is 0 Å². The SMILES string of the molecule is O=C(O)C[C@@H]1C[C@H](O)C[C@H](c2ccccc2)O1. The lowest BCUT2D eigenvalue weighted by Crippen LogP contribution is -2.32. The Balaban J connectivity index is 2.06. The molecule has 17 heavy (non-hydrogen) atoms. The Morgan fingerprint density at radius 2 is 2.00 bits per heavy atom. The van der Waals surface area contributed by atoms with Crippen molar-refractivity contribution in [2.75, 3.05) is 0 Å². The van der Waals surface area contributed by atoms with Crippen molar-refractivity contribution in [2.24, 2.45) is 0 Å². The van der Waals surface area contributed by atoms with Gasteiger partial charge >= 0.3 is 5.97 Å². The van der Waals surface area contributed by atoms with Gasteiger partial charge in [-0.25, -0.2) is 0 Å². The predicted octanol–water partition coefficient (Wildman–Crippen LogP) is 1.74. The van der Waals surface area contributed by atoms with Crippen molar-refractivity contribution >= 4 is 5.97 Å². The van der Waals surface area contributed by atoms with Crippen LogP contribution in [0.15, 0.2) is 30.3 Å². The number of benzene rings is 1. The van der Waals surface area contributed by atoms with Gasteiger partial charge in [0.05, 0.1) is 24.7 Å². The third kappa shape index (κ3) is 3.28. The van der Waals surface area contributed by atoms with E-state index in [1.807, 2.05) is 30.3 Å². The molecule has 0 aliphatic carbocycles. The van der Waals surface area contributed by atoms with E-state index < -0.39 is 18.2 Å². The van der Waals surface area contributed by atoms with E-state index in [1.54, 1.807) is 0 Å². The summed E-state index contributed by atoms with van der Waals surface area (Å²) in [7, 11) is 0. The second kappa shape index (κ2) is 5.29. The van der Waals surface area contributed by atoms with Gasteiger partial charge < -0.3 is 14.9 Å². The van der Waals surface area contributed by atoms with Crippen molar-refractivity contribution < 1.29 is 19.7 Å². The normalized spacial score (nSPS) is 28.9. The molecule has 3 atom stereocenters. The predicted molar refractivity (Wildman–Crippen MR) is 61.5 cm³/mol. The largest absolute Gasteiger partial charge is 0.481 e. The molecule has 1 aliphatic heterocycles. The molecular weight excluding hydrogens is 220 g/mol. The molecule has 1 aromatic carbocycles. The maximum Gasteiger partial charge on any atom is 0.305 e. The van der Waals surface area contributed by atoms with E-state index >= 15 is 0 Å². The Labute approximate surface area is 99.8 Å². The van der Waals surface area contributed by atoms with Crippen LogP contribution in [-0.4, -0.2) is 28.4 Å².